The molecule has 0 radical (unpaired) electrons. The van der Waals surface area contributed by atoms with Crippen molar-refractivity contribution in [3.63, 3.8) is 0 Å². The van der Waals surface area contributed by atoms with Crippen molar-refractivity contribution in [3.8, 4) is 0 Å². The maximum absolute atomic E-state index is 9.65. The Bertz CT molecular complexity index is 267. The minimum atomic E-state index is -0.891. The van der Waals surface area contributed by atoms with Crippen LogP contribution in [0.1, 0.15) is 11.7 Å². The van der Waals surface area contributed by atoms with Crippen LogP contribution in [0.5, 0.6) is 0 Å². The largest absolute Gasteiger partial charge is 0.379 e. The summed E-state index contributed by atoms with van der Waals surface area (Å²) < 4.78 is 4.74. The molecule has 1 aromatic rings. The van der Waals surface area contributed by atoms with Crippen molar-refractivity contribution in [1.82, 2.24) is 15.5 Å². The van der Waals surface area contributed by atoms with Gasteiger partial charge in [0.25, 0.3) is 0 Å². The lowest BCUT2D eigenvalue weighted by Gasteiger charge is -2.34. The van der Waals surface area contributed by atoms with Crippen LogP contribution in [0.3, 0.4) is 0 Å². The van der Waals surface area contributed by atoms with Gasteiger partial charge < -0.3 is 14.9 Å². The van der Waals surface area contributed by atoms with E-state index >= 15 is 0 Å². The number of aryl methyl sites for hydroxylation is 1. The molecule has 5 heteroatoms. The summed E-state index contributed by atoms with van der Waals surface area (Å²) in [4.78, 5) is 3.94. The SMILES string of the molecule is Cc1nc(C2(O)CNC2)no1. The molecule has 0 atom stereocenters. The second-order valence-corrected chi connectivity index (χ2v) is 2.77. The van der Waals surface area contributed by atoms with Crippen LogP contribution in [0.25, 0.3) is 0 Å². The summed E-state index contributed by atoms with van der Waals surface area (Å²) in [5.74, 6) is 0.870. The summed E-state index contributed by atoms with van der Waals surface area (Å²) >= 11 is 0. The average Bonchev–Trinajstić information content (AvgIpc) is 2.31. The van der Waals surface area contributed by atoms with Crippen LogP contribution in [0.4, 0.5) is 0 Å². The predicted molar refractivity (Wildman–Crippen MR) is 35.8 cm³/mol. The van der Waals surface area contributed by atoms with Crippen molar-refractivity contribution in [2.75, 3.05) is 13.1 Å². The Morgan fingerprint density at radius 1 is 1.64 bits per heavy atom. The maximum Gasteiger partial charge on any atom is 0.223 e. The van der Waals surface area contributed by atoms with E-state index in [0.717, 1.165) is 0 Å². The molecule has 11 heavy (non-hydrogen) atoms. The van der Waals surface area contributed by atoms with Crippen LogP contribution < -0.4 is 5.32 Å². The van der Waals surface area contributed by atoms with E-state index in [1.54, 1.807) is 6.92 Å². The van der Waals surface area contributed by atoms with Crippen LogP contribution in [0.15, 0.2) is 4.52 Å². The lowest BCUT2D eigenvalue weighted by Crippen LogP contribution is -2.57. The third-order valence-electron chi connectivity index (χ3n) is 1.78. The first-order chi connectivity index (χ1) is 5.21. The lowest BCUT2D eigenvalue weighted by molar-refractivity contribution is -0.0244. The molecule has 0 amide bonds. The van der Waals surface area contributed by atoms with Gasteiger partial charge in [0.1, 0.15) is 0 Å². The summed E-state index contributed by atoms with van der Waals surface area (Å²) in [6.07, 6.45) is 0. The van der Waals surface area contributed by atoms with Gasteiger partial charge in [0.2, 0.25) is 11.7 Å². The number of nitrogens with zero attached hydrogens (tertiary/aromatic N) is 2. The Morgan fingerprint density at radius 2 is 2.36 bits per heavy atom. The van der Waals surface area contributed by atoms with E-state index in [4.69, 9.17) is 4.52 Å². The Kier molecular flexibility index (Phi) is 1.24. The van der Waals surface area contributed by atoms with Crippen molar-refractivity contribution in [2.45, 2.75) is 12.5 Å². The molecule has 1 aliphatic heterocycles. The van der Waals surface area contributed by atoms with Crippen LogP contribution in [0.2, 0.25) is 0 Å². The molecule has 1 aliphatic rings. The van der Waals surface area contributed by atoms with Crippen LogP contribution in [-0.2, 0) is 5.60 Å². The highest BCUT2D eigenvalue weighted by atomic mass is 16.5. The number of β-amino-alcohol motifs (C(OH)–C–C–N with tert-alkyl or cyclic N) is 1. The smallest absolute Gasteiger partial charge is 0.223 e. The fourth-order valence-corrected chi connectivity index (χ4v) is 1.01. The van der Waals surface area contributed by atoms with E-state index in [1.165, 1.54) is 0 Å². The monoisotopic (exact) mass is 155 g/mol. The Hall–Kier alpha value is -0.940. The second-order valence-electron chi connectivity index (χ2n) is 2.77. The Balaban J connectivity index is 2.28. The molecule has 60 valence electrons. The molecule has 0 bridgehead atoms. The lowest BCUT2D eigenvalue weighted by atomic mass is 9.97. The van der Waals surface area contributed by atoms with Crippen LogP contribution >= 0.6 is 0 Å². The first-order valence-corrected chi connectivity index (χ1v) is 3.45. The van der Waals surface area contributed by atoms with Gasteiger partial charge in [-0.2, -0.15) is 4.98 Å². The van der Waals surface area contributed by atoms with Crippen molar-refractivity contribution < 1.29 is 9.63 Å². The summed E-state index contributed by atoms with van der Waals surface area (Å²) in [6.45, 7) is 2.71. The van der Waals surface area contributed by atoms with Crippen molar-refractivity contribution in [1.29, 1.82) is 0 Å². The number of rotatable bonds is 1. The van der Waals surface area contributed by atoms with E-state index < -0.39 is 5.60 Å². The zero-order valence-electron chi connectivity index (χ0n) is 6.16. The first kappa shape index (κ1) is 6.75. The van der Waals surface area contributed by atoms with Gasteiger partial charge in [0, 0.05) is 20.0 Å². The van der Waals surface area contributed by atoms with E-state index in [0.29, 0.717) is 24.8 Å². The number of aliphatic hydroxyl groups is 1. The molecular formula is C6H9N3O2. The molecule has 2 N–H and O–H groups in total. The van der Waals surface area contributed by atoms with Gasteiger partial charge >= 0.3 is 0 Å². The quantitative estimate of drug-likeness (QED) is 0.553. The number of hydrogen-bond acceptors (Lipinski definition) is 5. The maximum atomic E-state index is 9.65. The highest BCUT2D eigenvalue weighted by Gasteiger charge is 2.40. The normalized spacial score (nSPS) is 21.3. The van der Waals surface area contributed by atoms with Gasteiger partial charge in [-0.15, -0.1) is 0 Å². The molecule has 1 aromatic heterocycles. The highest BCUT2D eigenvalue weighted by Crippen LogP contribution is 2.21. The molecule has 0 aromatic carbocycles. The van der Waals surface area contributed by atoms with E-state index in [9.17, 15) is 5.11 Å². The van der Waals surface area contributed by atoms with Gasteiger partial charge in [0.05, 0.1) is 0 Å². The summed E-state index contributed by atoms with van der Waals surface area (Å²) in [7, 11) is 0. The van der Waals surface area contributed by atoms with Crippen molar-refractivity contribution in [3.05, 3.63) is 11.7 Å². The van der Waals surface area contributed by atoms with E-state index in [-0.39, 0.29) is 0 Å². The minimum Gasteiger partial charge on any atom is -0.379 e. The van der Waals surface area contributed by atoms with Crippen molar-refractivity contribution in [2.24, 2.45) is 0 Å². The van der Waals surface area contributed by atoms with Gasteiger partial charge in [0.15, 0.2) is 5.60 Å². The third kappa shape index (κ3) is 0.928. The molecule has 0 spiro atoms. The van der Waals surface area contributed by atoms with Crippen LogP contribution in [0, 0.1) is 6.92 Å². The van der Waals surface area contributed by atoms with Crippen LogP contribution in [-0.4, -0.2) is 28.3 Å². The molecule has 5 nitrogen and oxygen atoms in total. The van der Waals surface area contributed by atoms with E-state index in [1.807, 2.05) is 0 Å². The molecule has 2 rings (SSSR count). The third-order valence-corrected chi connectivity index (χ3v) is 1.78. The summed E-state index contributed by atoms with van der Waals surface area (Å²) in [5, 5.41) is 16.2. The summed E-state index contributed by atoms with van der Waals surface area (Å²) in [5.41, 5.74) is -0.891. The van der Waals surface area contributed by atoms with E-state index in [2.05, 4.69) is 15.5 Å². The topological polar surface area (TPSA) is 71.2 Å². The first-order valence-electron chi connectivity index (χ1n) is 3.45. The predicted octanol–water partition coefficient (Wildman–Crippen LogP) is -0.831. The Morgan fingerprint density at radius 3 is 2.73 bits per heavy atom. The highest BCUT2D eigenvalue weighted by molar-refractivity contribution is 5.07. The molecule has 1 saturated heterocycles. The molecule has 1 fully saturated rings. The van der Waals surface area contributed by atoms with Gasteiger partial charge in [-0.05, 0) is 0 Å². The fraction of sp³-hybridized carbons (Fsp3) is 0.667. The standard InChI is InChI=1S/C6H9N3O2/c1-4-8-5(9-11-4)6(10)2-7-3-6/h7,10H,2-3H2,1H3. The molecule has 0 saturated carbocycles. The van der Waals surface area contributed by atoms with Gasteiger partial charge in [-0.1, -0.05) is 5.16 Å². The molecule has 0 unspecified atom stereocenters. The van der Waals surface area contributed by atoms with Gasteiger partial charge in [-0.3, -0.25) is 0 Å². The second kappa shape index (κ2) is 2.02. The number of nitrogens with one attached hydrogen (secondary N) is 1. The van der Waals surface area contributed by atoms with Gasteiger partial charge in [-0.25, -0.2) is 0 Å². The zero-order chi connectivity index (χ0) is 7.90. The molecule has 2 heterocycles. The average molecular weight is 155 g/mol. The summed E-state index contributed by atoms with van der Waals surface area (Å²) in [6, 6.07) is 0. The Labute approximate surface area is 63.4 Å². The molecular weight excluding hydrogens is 146 g/mol. The fourth-order valence-electron chi connectivity index (χ4n) is 1.01. The number of aromatic nitrogens is 2. The zero-order valence-corrected chi connectivity index (χ0v) is 6.16. The van der Waals surface area contributed by atoms with Crippen molar-refractivity contribution >= 4 is 0 Å². The minimum absolute atomic E-state index is 0.383. The molecule has 0 aliphatic carbocycles. The number of hydrogen-bond donors (Lipinski definition) is 2.